The predicted molar refractivity (Wildman–Crippen MR) is 54.1 cm³/mol. The molecule has 74 valence electrons. The zero-order valence-corrected chi connectivity index (χ0v) is 7.90. The van der Waals surface area contributed by atoms with Gasteiger partial charge in [-0.25, -0.2) is 5.43 Å². The Hall–Kier alpha value is -1.84. The van der Waals surface area contributed by atoms with Gasteiger partial charge in [0.25, 0.3) is 0 Å². The van der Waals surface area contributed by atoms with Crippen molar-refractivity contribution in [3.05, 3.63) is 29.8 Å². The first-order chi connectivity index (χ1) is 6.79. The summed E-state index contributed by atoms with van der Waals surface area (Å²) in [4.78, 5) is 10.1. The van der Waals surface area contributed by atoms with E-state index < -0.39 is 0 Å². The van der Waals surface area contributed by atoms with Crippen LogP contribution in [0.15, 0.2) is 29.4 Å². The lowest BCUT2D eigenvalue weighted by atomic mass is 10.1. The van der Waals surface area contributed by atoms with Crippen LogP contribution in [0.2, 0.25) is 0 Å². The third-order valence-corrected chi connectivity index (χ3v) is 1.80. The van der Waals surface area contributed by atoms with Gasteiger partial charge in [0.2, 0.25) is 6.41 Å². The van der Waals surface area contributed by atoms with Crippen LogP contribution in [0.25, 0.3) is 0 Å². The van der Waals surface area contributed by atoms with Gasteiger partial charge in [-0.2, -0.15) is 5.10 Å². The van der Waals surface area contributed by atoms with Crippen LogP contribution in [0.5, 0.6) is 5.75 Å². The van der Waals surface area contributed by atoms with Crippen molar-refractivity contribution in [2.45, 2.75) is 13.3 Å². The van der Waals surface area contributed by atoms with E-state index in [1.165, 1.54) is 0 Å². The monoisotopic (exact) mass is 192 g/mol. The van der Waals surface area contributed by atoms with Crippen molar-refractivity contribution in [3.63, 3.8) is 0 Å². The number of hydrogen-bond donors (Lipinski definition) is 2. The molecule has 2 N–H and O–H groups in total. The number of carbonyl (C=O) groups is 1. The fourth-order valence-corrected chi connectivity index (χ4v) is 1.15. The van der Waals surface area contributed by atoms with Crippen LogP contribution in [0, 0.1) is 0 Å². The highest BCUT2D eigenvalue weighted by atomic mass is 16.3. The molecule has 0 spiro atoms. The van der Waals surface area contributed by atoms with Crippen molar-refractivity contribution in [2.75, 3.05) is 0 Å². The lowest BCUT2D eigenvalue weighted by Crippen LogP contribution is -2.08. The largest absolute Gasteiger partial charge is 0.507 e. The highest BCUT2D eigenvalue weighted by Crippen LogP contribution is 2.17. The average Bonchev–Trinajstić information content (AvgIpc) is 2.21. The van der Waals surface area contributed by atoms with Crippen LogP contribution in [0.1, 0.15) is 18.9 Å². The van der Waals surface area contributed by atoms with Gasteiger partial charge in [-0.3, -0.25) is 4.79 Å². The number of phenolic OH excluding ortho intramolecular Hbond substituents is 1. The molecule has 0 aliphatic heterocycles. The quantitative estimate of drug-likeness (QED) is 0.428. The lowest BCUT2D eigenvalue weighted by molar-refractivity contribution is -0.109. The number of phenols is 1. The number of carbonyl (C=O) groups excluding carboxylic acids is 1. The van der Waals surface area contributed by atoms with Crippen molar-refractivity contribution >= 4 is 12.1 Å². The van der Waals surface area contributed by atoms with E-state index in [0.717, 1.165) is 0 Å². The third-order valence-electron chi connectivity index (χ3n) is 1.80. The van der Waals surface area contributed by atoms with Gasteiger partial charge >= 0.3 is 0 Å². The van der Waals surface area contributed by atoms with Crippen molar-refractivity contribution in [3.8, 4) is 5.75 Å². The standard InChI is InChI=1S/C10H12N2O2/c1-2-9(12-11-7-13)8-5-3-4-6-10(8)14/h3-7,14H,2H2,1H3,(H,11,13)/b12-9-. The number of nitrogens with zero attached hydrogens (tertiary/aromatic N) is 1. The number of rotatable bonds is 4. The highest BCUT2D eigenvalue weighted by molar-refractivity contribution is 6.02. The van der Waals surface area contributed by atoms with Gasteiger partial charge in [-0.05, 0) is 18.6 Å². The fourth-order valence-electron chi connectivity index (χ4n) is 1.15. The third kappa shape index (κ3) is 2.32. The van der Waals surface area contributed by atoms with Gasteiger partial charge in [-0.1, -0.05) is 19.1 Å². The van der Waals surface area contributed by atoms with Crippen LogP contribution in [-0.4, -0.2) is 17.2 Å². The first kappa shape index (κ1) is 10.2. The molecule has 14 heavy (non-hydrogen) atoms. The molecule has 0 saturated carbocycles. The van der Waals surface area contributed by atoms with Crippen molar-refractivity contribution in [1.29, 1.82) is 0 Å². The molecular formula is C10H12N2O2. The summed E-state index contributed by atoms with van der Waals surface area (Å²) in [5, 5.41) is 13.3. The van der Waals surface area contributed by atoms with E-state index in [-0.39, 0.29) is 5.75 Å². The number of hydrogen-bond acceptors (Lipinski definition) is 3. The number of para-hydroxylation sites is 1. The van der Waals surface area contributed by atoms with E-state index in [4.69, 9.17) is 0 Å². The Morgan fingerprint density at radius 2 is 2.29 bits per heavy atom. The summed E-state index contributed by atoms with van der Waals surface area (Å²) in [6, 6.07) is 6.88. The first-order valence-electron chi connectivity index (χ1n) is 4.33. The maximum Gasteiger partial charge on any atom is 0.227 e. The minimum Gasteiger partial charge on any atom is -0.507 e. The molecule has 0 aliphatic carbocycles. The average molecular weight is 192 g/mol. The summed E-state index contributed by atoms with van der Waals surface area (Å²) in [6.07, 6.45) is 1.13. The van der Waals surface area contributed by atoms with Crippen molar-refractivity contribution < 1.29 is 9.90 Å². The normalized spacial score (nSPS) is 11.1. The topological polar surface area (TPSA) is 61.7 Å². The fraction of sp³-hybridized carbons (Fsp3) is 0.200. The van der Waals surface area contributed by atoms with Gasteiger partial charge in [0.15, 0.2) is 0 Å². The molecule has 0 atom stereocenters. The molecule has 1 aromatic carbocycles. The maximum atomic E-state index is 10.1. The Bertz CT molecular complexity index is 348. The van der Waals surface area contributed by atoms with E-state index >= 15 is 0 Å². The molecule has 0 bridgehead atoms. The molecular weight excluding hydrogens is 180 g/mol. The predicted octanol–water partition coefficient (Wildman–Crippen LogP) is 1.25. The molecule has 1 rings (SSSR count). The van der Waals surface area contributed by atoms with E-state index in [0.29, 0.717) is 24.1 Å². The summed E-state index contributed by atoms with van der Waals surface area (Å²) in [5.74, 6) is 0.167. The molecule has 0 fully saturated rings. The Balaban J connectivity index is 3.00. The van der Waals surface area contributed by atoms with Gasteiger partial charge in [0, 0.05) is 5.56 Å². The van der Waals surface area contributed by atoms with E-state index in [1.54, 1.807) is 24.3 Å². The summed E-state index contributed by atoms with van der Waals surface area (Å²) in [6.45, 7) is 1.90. The Kier molecular flexibility index (Phi) is 3.67. The van der Waals surface area contributed by atoms with Crippen LogP contribution in [0.3, 0.4) is 0 Å². The highest BCUT2D eigenvalue weighted by Gasteiger charge is 2.05. The van der Waals surface area contributed by atoms with Crippen molar-refractivity contribution in [2.24, 2.45) is 5.10 Å². The minimum atomic E-state index is 0.167. The SMILES string of the molecule is CC/C(=N/NC=O)c1ccccc1O. The number of nitrogens with one attached hydrogen (secondary N) is 1. The molecule has 4 heteroatoms. The first-order valence-corrected chi connectivity index (χ1v) is 4.33. The molecule has 1 amide bonds. The van der Waals surface area contributed by atoms with Crippen LogP contribution >= 0.6 is 0 Å². The minimum absolute atomic E-state index is 0.167. The van der Waals surface area contributed by atoms with Gasteiger partial charge in [0.05, 0.1) is 5.71 Å². The Morgan fingerprint density at radius 1 is 1.57 bits per heavy atom. The summed E-state index contributed by atoms with van der Waals surface area (Å²) >= 11 is 0. The van der Waals surface area contributed by atoms with Crippen LogP contribution in [0.4, 0.5) is 0 Å². The van der Waals surface area contributed by atoms with E-state index in [9.17, 15) is 9.90 Å². The second kappa shape index (κ2) is 5.01. The van der Waals surface area contributed by atoms with Crippen molar-refractivity contribution in [1.82, 2.24) is 5.43 Å². The molecule has 0 unspecified atom stereocenters. The molecule has 0 saturated heterocycles. The zero-order valence-electron chi connectivity index (χ0n) is 7.90. The number of aromatic hydroxyl groups is 1. The van der Waals surface area contributed by atoms with Gasteiger partial charge in [0.1, 0.15) is 5.75 Å². The second-order valence-corrected chi connectivity index (χ2v) is 2.68. The Morgan fingerprint density at radius 3 is 2.86 bits per heavy atom. The summed E-state index contributed by atoms with van der Waals surface area (Å²) in [7, 11) is 0. The zero-order chi connectivity index (χ0) is 10.4. The lowest BCUT2D eigenvalue weighted by Gasteiger charge is -2.04. The smallest absolute Gasteiger partial charge is 0.227 e. The number of hydrazone groups is 1. The molecule has 4 nitrogen and oxygen atoms in total. The number of benzene rings is 1. The molecule has 0 aliphatic rings. The van der Waals surface area contributed by atoms with Gasteiger partial charge in [-0.15, -0.1) is 0 Å². The van der Waals surface area contributed by atoms with Crippen LogP contribution in [-0.2, 0) is 4.79 Å². The maximum absolute atomic E-state index is 10.1. The van der Waals surface area contributed by atoms with E-state index in [2.05, 4.69) is 10.5 Å². The summed E-state index contributed by atoms with van der Waals surface area (Å²) in [5.41, 5.74) is 3.51. The van der Waals surface area contributed by atoms with Gasteiger partial charge < -0.3 is 5.11 Å². The molecule has 0 heterocycles. The van der Waals surface area contributed by atoms with Crippen LogP contribution < -0.4 is 5.43 Å². The Labute approximate surface area is 82.3 Å². The summed E-state index contributed by atoms with van der Waals surface area (Å²) < 4.78 is 0. The molecule has 0 aromatic heterocycles. The second-order valence-electron chi connectivity index (χ2n) is 2.68. The molecule has 1 aromatic rings. The van der Waals surface area contributed by atoms with E-state index in [1.807, 2.05) is 6.92 Å². The molecule has 0 radical (unpaired) electrons. The number of amides is 1.